The van der Waals surface area contributed by atoms with Gasteiger partial charge in [-0.25, -0.2) is 0 Å². The van der Waals surface area contributed by atoms with Crippen molar-refractivity contribution in [1.29, 1.82) is 0 Å². The molecule has 0 saturated carbocycles. The van der Waals surface area contributed by atoms with Gasteiger partial charge in [0.15, 0.2) is 0 Å². The average molecular weight is 222 g/mol. The molecular weight excluding hydrogens is 214 g/mol. The van der Waals surface area contributed by atoms with Gasteiger partial charge < -0.3 is 4.84 Å². The third-order valence-electron chi connectivity index (χ3n) is 3.11. The lowest BCUT2D eigenvalue weighted by atomic mass is 9.95. The molecule has 4 rings (SSSR count). The number of hydrogen-bond donors (Lipinski definition) is 0. The minimum absolute atomic E-state index is 0.0737. The van der Waals surface area contributed by atoms with Crippen molar-refractivity contribution >= 4 is 11.5 Å². The molecule has 0 amide bonds. The molecule has 3 aliphatic rings. The van der Waals surface area contributed by atoms with Crippen LogP contribution in [0.15, 0.2) is 53.0 Å². The first-order chi connectivity index (χ1) is 8.45. The lowest BCUT2D eigenvalue weighted by Gasteiger charge is -2.27. The second kappa shape index (κ2) is 3.07. The predicted octanol–water partition coefficient (Wildman–Crippen LogP) is 0.826. The molecule has 4 heteroatoms. The van der Waals surface area contributed by atoms with Gasteiger partial charge in [0, 0.05) is 0 Å². The molecule has 17 heavy (non-hydrogen) atoms. The molecule has 1 aromatic carbocycles. The van der Waals surface area contributed by atoms with Gasteiger partial charge in [-0.05, 0) is 22.1 Å². The molecule has 1 aromatic rings. The Morgan fingerprint density at radius 3 is 3.35 bits per heavy atom. The van der Waals surface area contributed by atoms with Crippen molar-refractivity contribution in [1.82, 2.24) is 5.01 Å². The van der Waals surface area contributed by atoms with Gasteiger partial charge in [0.1, 0.15) is 6.04 Å². The Labute approximate surface area is 97.5 Å². The number of hydrogen-bond acceptors (Lipinski definition) is 4. The minimum atomic E-state index is 0.0737. The van der Waals surface area contributed by atoms with Crippen LogP contribution >= 0.6 is 0 Å². The summed E-state index contributed by atoms with van der Waals surface area (Å²) in [6.45, 7) is 0. The van der Waals surface area contributed by atoms with E-state index in [1.807, 2.05) is 24.3 Å². The van der Waals surface area contributed by atoms with Crippen LogP contribution in [0, 0.1) is 6.07 Å². The van der Waals surface area contributed by atoms with Gasteiger partial charge in [-0.15, -0.1) is 0 Å². The lowest BCUT2D eigenvalue weighted by Crippen LogP contribution is -2.44. The van der Waals surface area contributed by atoms with Gasteiger partial charge in [0.25, 0.3) is 5.88 Å². The number of fused-ring (bicyclic) bond motifs is 4. The first-order valence-corrected chi connectivity index (χ1v) is 5.42. The topological polar surface area (TPSA) is 37.2 Å². The molecule has 0 saturated heterocycles. The summed E-state index contributed by atoms with van der Waals surface area (Å²) in [6, 6.07) is 9.19. The fraction of sp³-hybridized carbons (Fsp3) is 0.0769. The van der Waals surface area contributed by atoms with Crippen LogP contribution in [0.1, 0.15) is 0 Å². The first kappa shape index (κ1) is 8.75. The molecule has 0 aromatic heterocycles. The monoisotopic (exact) mass is 222 g/mol. The summed E-state index contributed by atoms with van der Waals surface area (Å²) in [7, 11) is 0. The molecule has 0 fully saturated rings. The minimum Gasteiger partial charge on any atom is -0.317 e. The van der Waals surface area contributed by atoms with Crippen molar-refractivity contribution in [2.45, 2.75) is 6.04 Å². The maximum Gasteiger partial charge on any atom is 0.258 e. The van der Waals surface area contributed by atoms with E-state index in [0.29, 0.717) is 5.88 Å². The number of nitrogens with zero attached hydrogens (tertiary/aromatic N) is 3. The standard InChI is InChI=1S/C13H8N3O/c1-2-7-11-9(5-1)10-6-3-4-8-12(10)16-13(11)17-15-14-16/h1-6,8,12H. The molecule has 2 aliphatic heterocycles. The zero-order valence-corrected chi connectivity index (χ0v) is 8.87. The molecular formula is C13H8N3O. The van der Waals surface area contributed by atoms with Crippen LogP contribution in [0.2, 0.25) is 0 Å². The highest BCUT2D eigenvalue weighted by Crippen LogP contribution is 2.28. The van der Waals surface area contributed by atoms with Crippen molar-refractivity contribution in [3.63, 3.8) is 0 Å². The molecule has 4 nitrogen and oxygen atoms in total. The Kier molecular flexibility index (Phi) is 1.58. The van der Waals surface area contributed by atoms with E-state index in [0.717, 1.165) is 10.4 Å². The molecule has 0 spiro atoms. The Hall–Kier alpha value is -2.36. The van der Waals surface area contributed by atoms with Crippen LogP contribution in [0.25, 0.3) is 11.5 Å². The van der Waals surface area contributed by atoms with Crippen molar-refractivity contribution < 1.29 is 4.84 Å². The summed E-state index contributed by atoms with van der Waals surface area (Å²) >= 11 is 0. The van der Waals surface area contributed by atoms with Crippen LogP contribution in [0.5, 0.6) is 0 Å². The van der Waals surface area contributed by atoms with Crippen LogP contribution < -0.4 is 10.4 Å². The van der Waals surface area contributed by atoms with Gasteiger partial charge in [0.2, 0.25) is 0 Å². The van der Waals surface area contributed by atoms with Crippen molar-refractivity contribution in [3.8, 4) is 0 Å². The van der Waals surface area contributed by atoms with E-state index in [9.17, 15) is 0 Å². The maximum absolute atomic E-state index is 5.23. The Morgan fingerprint density at radius 2 is 2.35 bits per heavy atom. The van der Waals surface area contributed by atoms with Crippen molar-refractivity contribution in [2.75, 3.05) is 0 Å². The van der Waals surface area contributed by atoms with Crippen LogP contribution in [0.3, 0.4) is 0 Å². The highest BCUT2D eigenvalue weighted by Gasteiger charge is 2.32. The normalized spacial score (nSPS) is 23.3. The largest absolute Gasteiger partial charge is 0.317 e. The fourth-order valence-corrected chi connectivity index (χ4v) is 2.37. The van der Waals surface area contributed by atoms with E-state index < -0.39 is 0 Å². The van der Waals surface area contributed by atoms with Gasteiger partial charge >= 0.3 is 0 Å². The molecule has 2 heterocycles. The fourth-order valence-electron chi connectivity index (χ4n) is 2.37. The third-order valence-corrected chi connectivity index (χ3v) is 3.11. The predicted molar refractivity (Wildman–Crippen MR) is 61.2 cm³/mol. The Morgan fingerprint density at radius 1 is 1.35 bits per heavy atom. The summed E-state index contributed by atoms with van der Waals surface area (Å²) in [5.74, 6) is 0.661. The number of allylic oxidation sites excluding steroid dienone is 2. The van der Waals surface area contributed by atoms with Crippen molar-refractivity contribution in [2.24, 2.45) is 10.5 Å². The number of benzene rings is 1. The van der Waals surface area contributed by atoms with Crippen LogP contribution in [0.4, 0.5) is 0 Å². The summed E-state index contributed by atoms with van der Waals surface area (Å²) in [5.41, 5.74) is 1.20. The SMILES string of the molecule is [c]1cccc2c1=C1ON=NN1C1C=CC=CC=21. The van der Waals surface area contributed by atoms with Gasteiger partial charge in [-0.3, -0.25) is 0 Å². The van der Waals surface area contributed by atoms with E-state index in [2.05, 4.69) is 34.8 Å². The van der Waals surface area contributed by atoms with Gasteiger partial charge in [-0.2, -0.15) is 5.01 Å². The second-order valence-electron chi connectivity index (χ2n) is 4.02. The van der Waals surface area contributed by atoms with E-state index in [-0.39, 0.29) is 6.04 Å². The molecule has 1 unspecified atom stereocenters. The zero-order chi connectivity index (χ0) is 11.2. The summed E-state index contributed by atoms with van der Waals surface area (Å²) in [4.78, 5) is 5.23. The second-order valence-corrected chi connectivity index (χ2v) is 4.02. The van der Waals surface area contributed by atoms with Crippen LogP contribution in [-0.2, 0) is 4.84 Å². The van der Waals surface area contributed by atoms with Gasteiger partial charge in [-0.1, -0.05) is 42.5 Å². The lowest BCUT2D eigenvalue weighted by molar-refractivity contribution is 0.269. The highest BCUT2D eigenvalue weighted by molar-refractivity contribution is 5.70. The molecule has 81 valence electrons. The van der Waals surface area contributed by atoms with Gasteiger partial charge in [0.05, 0.1) is 10.5 Å². The quantitative estimate of drug-likeness (QED) is 0.652. The summed E-state index contributed by atoms with van der Waals surface area (Å²) < 4.78 is 0. The molecule has 0 N–H and O–H groups in total. The van der Waals surface area contributed by atoms with E-state index in [4.69, 9.17) is 4.84 Å². The van der Waals surface area contributed by atoms with E-state index >= 15 is 0 Å². The molecule has 1 radical (unpaired) electrons. The smallest absolute Gasteiger partial charge is 0.258 e. The zero-order valence-electron chi connectivity index (χ0n) is 8.87. The van der Waals surface area contributed by atoms with Crippen molar-refractivity contribution in [3.05, 3.63) is 59.0 Å². The molecule has 1 aliphatic carbocycles. The maximum atomic E-state index is 5.23. The van der Waals surface area contributed by atoms with E-state index in [1.54, 1.807) is 5.01 Å². The average Bonchev–Trinajstić information content (AvgIpc) is 2.89. The first-order valence-electron chi connectivity index (χ1n) is 5.42. The summed E-state index contributed by atoms with van der Waals surface area (Å²) in [5, 5.41) is 11.5. The Bertz CT molecular complexity index is 700. The van der Waals surface area contributed by atoms with E-state index in [1.165, 1.54) is 5.57 Å². The van der Waals surface area contributed by atoms with Crippen LogP contribution in [-0.4, -0.2) is 11.1 Å². The Balaban J connectivity index is 2.18. The molecule has 1 atom stereocenters. The summed E-state index contributed by atoms with van der Waals surface area (Å²) in [6.07, 6.45) is 8.22. The highest BCUT2D eigenvalue weighted by atomic mass is 16.7. The number of rotatable bonds is 0. The third kappa shape index (κ3) is 1.07. The molecule has 0 bridgehead atoms.